The van der Waals surface area contributed by atoms with Crippen molar-refractivity contribution in [3.8, 4) is 5.75 Å². The van der Waals surface area contributed by atoms with Gasteiger partial charge < -0.3 is 10.5 Å². The number of halogens is 1. The molecule has 0 fully saturated rings. The first-order valence-electron chi connectivity index (χ1n) is 6.62. The minimum absolute atomic E-state index is 0.494. The quantitative estimate of drug-likeness (QED) is 0.905. The van der Waals surface area contributed by atoms with Gasteiger partial charge in [-0.3, -0.25) is 0 Å². The maximum Gasteiger partial charge on any atom is 0.133 e. The van der Waals surface area contributed by atoms with Gasteiger partial charge >= 0.3 is 0 Å². The highest BCUT2D eigenvalue weighted by atomic mass is 79.9. The van der Waals surface area contributed by atoms with Gasteiger partial charge in [0.2, 0.25) is 0 Å². The summed E-state index contributed by atoms with van der Waals surface area (Å²) in [5, 5.41) is 0.494. The molecule has 0 radical (unpaired) electrons. The number of nitrogens with two attached hydrogens (primary N) is 1. The van der Waals surface area contributed by atoms with Crippen molar-refractivity contribution in [1.82, 2.24) is 0 Å². The van der Waals surface area contributed by atoms with Crippen LogP contribution in [-0.4, -0.2) is 11.9 Å². The lowest BCUT2D eigenvalue weighted by atomic mass is 10.1. The van der Waals surface area contributed by atoms with E-state index in [2.05, 4.69) is 40.2 Å². The summed E-state index contributed by atoms with van der Waals surface area (Å²) in [6.45, 7) is 1.27. The Labute approximate surface area is 131 Å². The van der Waals surface area contributed by atoms with Gasteiger partial charge in [-0.05, 0) is 51.7 Å². The van der Waals surface area contributed by atoms with Gasteiger partial charge in [0.1, 0.15) is 12.4 Å². The van der Waals surface area contributed by atoms with Crippen LogP contribution in [0.15, 0.2) is 51.8 Å². The number of thioether (sulfide) groups is 1. The molecule has 1 aliphatic rings. The van der Waals surface area contributed by atoms with Crippen LogP contribution in [0.3, 0.4) is 0 Å². The van der Waals surface area contributed by atoms with E-state index in [4.69, 9.17) is 10.5 Å². The first kappa shape index (κ1) is 14.0. The van der Waals surface area contributed by atoms with Gasteiger partial charge in [-0.15, -0.1) is 11.8 Å². The lowest BCUT2D eigenvalue weighted by Crippen LogP contribution is -2.13. The summed E-state index contributed by atoms with van der Waals surface area (Å²) in [7, 11) is 0. The number of rotatable bonds is 4. The number of fused-ring (bicyclic) bond motifs is 1. The molecule has 2 aromatic rings. The van der Waals surface area contributed by atoms with Gasteiger partial charge in [0, 0.05) is 16.7 Å². The van der Waals surface area contributed by atoms with Gasteiger partial charge in [-0.1, -0.05) is 24.3 Å². The summed E-state index contributed by atoms with van der Waals surface area (Å²) in [6.07, 6.45) is 1.08. The van der Waals surface area contributed by atoms with Crippen molar-refractivity contribution >= 4 is 27.7 Å². The van der Waals surface area contributed by atoms with Gasteiger partial charge in [0.25, 0.3) is 0 Å². The minimum Gasteiger partial charge on any atom is -0.491 e. The molecule has 2 nitrogen and oxygen atoms in total. The summed E-state index contributed by atoms with van der Waals surface area (Å²) in [5.41, 5.74) is 8.16. The summed E-state index contributed by atoms with van der Waals surface area (Å²) in [6, 6.07) is 14.6. The molecule has 0 spiro atoms. The van der Waals surface area contributed by atoms with Crippen LogP contribution in [-0.2, 0) is 13.0 Å². The van der Waals surface area contributed by atoms with E-state index in [1.165, 1.54) is 10.5 Å². The second-order valence-corrected chi connectivity index (χ2v) is 7.03. The highest BCUT2D eigenvalue weighted by molar-refractivity contribution is 9.10. The second kappa shape index (κ2) is 6.20. The monoisotopic (exact) mass is 349 g/mol. The van der Waals surface area contributed by atoms with Gasteiger partial charge in [-0.2, -0.15) is 0 Å². The van der Waals surface area contributed by atoms with Crippen LogP contribution < -0.4 is 10.5 Å². The van der Waals surface area contributed by atoms with Crippen molar-refractivity contribution in [2.24, 2.45) is 5.73 Å². The molecule has 104 valence electrons. The summed E-state index contributed by atoms with van der Waals surface area (Å²) in [4.78, 5) is 1.39. The number of benzene rings is 2. The first-order chi connectivity index (χ1) is 9.76. The van der Waals surface area contributed by atoms with E-state index >= 15 is 0 Å². The Hall–Kier alpha value is -0.970. The molecule has 1 aliphatic heterocycles. The third kappa shape index (κ3) is 3.03. The Bertz CT molecular complexity index is 592. The Morgan fingerprint density at radius 1 is 1.25 bits per heavy atom. The maximum atomic E-state index is 5.94. The minimum atomic E-state index is 0.494. The zero-order chi connectivity index (χ0) is 13.9. The number of hydrogen-bond donors (Lipinski definition) is 1. The van der Waals surface area contributed by atoms with E-state index in [0.717, 1.165) is 28.8 Å². The first-order valence-corrected chi connectivity index (χ1v) is 8.29. The fourth-order valence-corrected chi connectivity index (χ4v) is 4.08. The molecule has 0 aliphatic carbocycles. The van der Waals surface area contributed by atoms with E-state index in [0.29, 0.717) is 11.8 Å². The molecule has 1 heterocycles. The fraction of sp³-hybridized carbons (Fsp3) is 0.250. The molecular formula is C16H16BrNOS. The van der Waals surface area contributed by atoms with E-state index in [-0.39, 0.29) is 0 Å². The predicted octanol–water partition coefficient (Wildman–Crippen LogP) is 4.00. The van der Waals surface area contributed by atoms with Crippen molar-refractivity contribution in [3.05, 3.63) is 58.1 Å². The van der Waals surface area contributed by atoms with Crippen molar-refractivity contribution in [1.29, 1.82) is 0 Å². The molecule has 0 saturated carbocycles. The molecule has 0 saturated heterocycles. The highest BCUT2D eigenvalue weighted by Crippen LogP contribution is 2.37. The standard InChI is InChI=1S/C16H16BrNOS/c17-14-7-11(9-18)5-6-15(14)19-10-13-8-12-3-1-2-4-16(12)20-13/h1-7,13H,8-10,18H2. The molecule has 0 aromatic heterocycles. The van der Waals surface area contributed by atoms with Crippen LogP contribution in [0.4, 0.5) is 0 Å². The van der Waals surface area contributed by atoms with E-state index in [9.17, 15) is 0 Å². The molecule has 2 aromatic carbocycles. The normalized spacial score (nSPS) is 17.0. The molecule has 0 bridgehead atoms. The van der Waals surface area contributed by atoms with Crippen LogP contribution in [0.25, 0.3) is 0 Å². The van der Waals surface area contributed by atoms with E-state index in [1.54, 1.807) is 0 Å². The summed E-state index contributed by atoms with van der Waals surface area (Å²) in [5.74, 6) is 0.888. The highest BCUT2D eigenvalue weighted by Gasteiger charge is 2.22. The van der Waals surface area contributed by atoms with Gasteiger partial charge in [-0.25, -0.2) is 0 Å². The number of ether oxygens (including phenoxy) is 1. The average Bonchev–Trinajstić information content (AvgIpc) is 2.88. The van der Waals surface area contributed by atoms with Gasteiger partial charge in [0.05, 0.1) is 4.47 Å². The Morgan fingerprint density at radius 3 is 2.85 bits per heavy atom. The van der Waals surface area contributed by atoms with E-state index in [1.807, 2.05) is 30.0 Å². The van der Waals surface area contributed by atoms with Crippen molar-refractivity contribution in [2.75, 3.05) is 6.61 Å². The topological polar surface area (TPSA) is 35.2 Å². The maximum absolute atomic E-state index is 5.94. The van der Waals surface area contributed by atoms with Crippen molar-refractivity contribution in [3.63, 3.8) is 0 Å². The fourth-order valence-electron chi connectivity index (χ4n) is 2.32. The molecule has 20 heavy (non-hydrogen) atoms. The smallest absolute Gasteiger partial charge is 0.133 e. The van der Waals surface area contributed by atoms with Crippen LogP contribution in [0.1, 0.15) is 11.1 Å². The molecular weight excluding hydrogens is 334 g/mol. The third-order valence-corrected chi connectivity index (χ3v) is 5.28. The van der Waals surface area contributed by atoms with E-state index < -0.39 is 0 Å². The van der Waals surface area contributed by atoms with Gasteiger partial charge in [0.15, 0.2) is 0 Å². The Kier molecular flexibility index (Phi) is 4.34. The lowest BCUT2D eigenvalue weighted by Gasteiger charge is -2.13. The molecule has 1 atom stereocenters. The Morgan fingerprint density at radius 2 is 2.10 bits per heavy atom. The summed E-state index contributed by atoms with van der Waals surface area (Å²) < 4.78 is 6.92. The predicted molar refractivity (Wildman–Crippen MR) is 87.3 cm³/mol. The SMILES string of the molecule is NCc1ccc(OCC2Cc3ccccc3S2)c(Br)c1. The van der Waals surface area contributed by atoms with Crippen LogP contribution in [0.5, 0.6) is 5.75 Å². The van der Waals surface area contributed by atoms with Crippen molar-refractivity contribution in [2.45, 2.75) is 23.1 Å². The molecule has 4 heteroatoms. The van der Waals surface area contributed by atoms with Crippen LogP contribution in [0, 0.1) is 0 Å². The van der Waals surface area contributed by atoms with Crippen LogP contribution in [0.2, 0.25) is 0 Å². The third-order valence-electron chi connectivity index (χ3n) is 3.37. The second-order valence-electron chi connectivity index (χ2n) is 4.83. The zero-order valence-corrected chi connectivity index (χ0v) is 13.4. The number of hydrogen-bond acceptors (Lipinski definition) is 3. The largest absolute Gasteiger partial charge is 0.491 e. The van der Waals surface area contributed by atoms with Crippen molar-refractivity contribution < 1.29 is 4.74 Å². The molecule has 2 N–H and O–H groups in total. The Balaban J connectivity index is 1.61. The lowest BCUT2D eigenvalue weighted by molar-refractivity contribution is 0.315. The molecule has 3 rings (SSSR count). The summed E-state index contributed by atoms with van der Waals surface area (Å²) >= 11 is 5.45. The zero-order valence-electron chi connectivity index (χ0n) is 11.0. The molecule has 0 amide bonds. The van der Waals surface area contributed by atoms with Crippen LogP contribution >= 0.6 is 27.7 Å². The molecule has 1 unspecified atom stereocenters. The average molecular weight is 350 g/mol.